The first kappa shape index (κ1) is 16.6. The van der Waals surface area contributed by atoms with Gasteiger partial charge in [-0.2, -0.15) is 0 Å². The van der Waals surface area contributed by atoms with Crippen molar-refractivity contribution < 1.29 is 9.90 Å². The number of hydrogen-bond donors (Lipinski definition) is 2. The van der Waals surface area contributed by atoms with E-state index >= 15 is 0 Å². The summed E-state index contributed by atoms with van der Waals surface area (Å²) in [6.07, 6.45) is 4.27. The van der Waals surface area contributed by atoms with Gasteiger partial charge < -0.3 is 10.4 Å². The second kappa shape index (κ2) is 8.04. The number of carbonyl (C=O) groups excluding carboxylic acids is 1. The van der Waals surface area contributed by atoms with Crippen molar-refractivity contribution in [3.63, 3.8) is 0 Å². The number of likely N-dealkylation sites (tertiary alicyclic amines) is 1. The number of nitrogens with one attached hydrogen (secondary N) is 1. The van der Waals surface area contributed by atoms with Gasteiger partial charge in [-0.3, -0.25) is 14.7 Å². The SMILES string of the molecule is O=C(CCN1C[C@@H](Cc2ccccc2)[C@H](O)C1)Nc1cccnc1. The number of nitrogens with zero attached hydrogens (tertiary/aromatic N) is 2. The number of amides is 1. The highest BCUT2D eigenvalue weighted by Gasteiger charge is 2.31. The van der Waals surface area contributed by atoms with Crippen LogP contribution in [-0.2, 0) is 11.2 Å². The molecule has 0 unspecified atom stereocenters. The molecule has 1 aliphatic heterocycles. The van der Waals surface area contributed by atoms with Crippen LogP contribution in [0.5, 0.6) is 0 Å². The van der Waals surface area contributed by atoms with Gasteiger partial charge in [0.05, 0.1) is 18.0 Å². The van der Waals surface area contributed by atoms with Crippen molar-refractivity contribution in [2.75, 3.05) is 25.0 Å². The Morgan fingerprint density at radius 1 is 1.21 bits per heavy atom. The van der Waals surface area contributed by atoms with Gasteiger partial charge in [0.1, 0.15) is 0 Å². The second-order valence-corrected chi connectivity index (χ2v) is 6.32. The zero-order valence-electron chi connectivity index (χ0n) is 13.6. The van der Waals surface area contributed by atoms with Gasteiger partial charge in [-0.25, -0.2) is 0 Å². The third-order valence-corrected chi connectivity index (χ3v) is 4.42. The van der Waals surface area contributed by atoms with Crippen LogP contribution in [0.3, 0.4) is 0 Å². The number of β-amino-alcohol motifs (C(OH)–C–C–N with tert-alkyl or cyclic N) is 1. The van der Waals surface area contributed by atoms with Crippen LogP contribution in [0.25, 0.3) is 0 Å². The number of aliphatic hydroxyl groups is 1. The summed E-state index contributed by atoms with van der Waals surface area (Å²) in [5.41, 5.74) is 1.96. The Morgan fingerprint density at radius 3 is 2.79 bits per heavy atom. The number of hydrogen-bond acceptors (Lipinski definition) is 4. The van der Waals surface area contributed by atoms with Gasteiger partial charge in [-0.15, -0.1) is 0 Å². The van der Waals surface area contributed by atoms with Crippen molar-refractivity contribution in [3.05, 3.63) is 60.4 Å². The topological polar surface area (TPSA) is 65.5 Å². The first-order valence-electron chi connectivity index (χ1n) is 8.35. The Morgan fingerprint density at radius 2 is 2.04 bits per heavy atom. The molecule has 0 saturated carbocycles. The van der Waals surface area contributed by atoms with Crippen molar-refractivity contribution in [1.29, 1.82) is 0 Å². The summed E-state index contributed by atoms with van der Waals surface area (Å²) in [5, 5.41) is 13.1. The van der Waals surface area contributed by atoms with E-state index in [0.717, 1.165) is 13.0 Å². The van der Waals surface area contributed by atoms with Crippen LogP contribution in [0.1, 0.15) is 12.0 Å². The third kappa shape index (κ3) is 4.63. The lowest BCUT2D eigenvalue weighted by molar-refractivity contribution is -0.116. The number of aliphatic hydroxyl groups excluding tert-OH is 1. The number of rotatable bonds is 6. The standard InChI is InChI=1S/C19H23N3O2/c23-18-14-22(13-16(18)11-15-5-2-1-3-6-15)10-8-19(24)21-17-7-4-9-20-12-17/h1-7,9,12,16,18,23H,8,10-11,13-14H2,(H,21,24)/t16-,18-/m1/s1. The predicted octanol–water partition coefficient (Wildman–Crippen LogP) is 1.95. The third-order valence-electron chi connectivity index (χ3n) is 4.42. The smallest absolute Gasteiger partial charge is 0.225 e. The van der Waals surface area contributed by atoms with Crippen LogP contribution in [-0.4, -0.2) is 46.6 Å². The Balaban J connectivity index is 1.44. The first-order chi connectivity index (χ1) is 11.7. The Hall–Kier alpha value is -2.24. The molecule has 1 aromatic carbocycles. The number of carbonyl (C=O) groups is 1. The molecule has 2 heterocycles. The van der Waals surface area contributed by atoms with E-state index < -0.39 is 0 Å². The van der Waals surface area contributed by atoms with Crippen LogP contribution < -0.4 is 5.32 Å². The fourth-order valence-electron chi connectivity index (χ4n) is 3.16. The normalized spacial score (nSPS) is 20.9. The molecule has 1 fully saturated rings. The van der Waals surface area contributed by atoms with Crippen LogP contribution >= 0.6 is 0 Å². The van der Waals surface area contributed by atoms with Gasteiger partial charge in [0.15, 0.2) is 0 Å². The van der Waals surface area contributed by atoms with Crippen molar-refractivity contribution in [1.82, 2.24) is 9.88 Å². The lowest BCUT2D eigenvalue weighted by Crippen LogP contribution is -2.26. The minimum Gasteiger partial charge on any atom is -0.391 e. The summed E-state index contributed by atoms with van der Waals surface area (Å²) in [4.78, 5) is 18.1. The molecule has 3 rings (SSSR count). The summed E-state index contributed by atoms with van der Waals surface area (Å²) in [5.74, 6) is 0.206. The Labute approximate surface area is 142 Å². The van der Waals surface area contributed by atoms with Crippen LogP contribution in [0.4, 0.5) is 5.69 Å². The number of benzene rings is 1. The van der Waals surface area contributed by atoms with Gasteiger partial charge in [0, 0.05) is 38.2 Å². The van der Waals surface area contributed by atoms with Crippen molar-refractivity contribution >= 4 is 11.6 Å². The predicted molar refractivity (Wildman–Crippen MR) is 93.6 cm³/mol. The average molecular weight is 325 g/mol. The molecule has 2 aromatic rings. The highest BCUT2D eigenvalue weighted by Crippen LogP contribution is 2.21. The highest BCUT2D eigenvalue weighted by molar-refractivity contribution is 5.90. The summed E-state index contributed by atoms with van der Waals surface area (Å²) in [6.45, 7) is 2.13. The van der Waals surface area contributed by atoms with E-state index in [4.69, 9.17) is 0 Å². The molecule has 1 aliphatic rings. The minimum atomic E-state index is -0.327. The maximum Gasteiger partial charge on any atom is 0.225 e. The quantitative estimate of drug-likeness (QED) is 0.852. The summed E-state index contributed by atoms with van der Waals surface area (Å²) in [6, 6.07) is 13.9. The van der Waals surface area contributed by atoms with E-state index in [1.165, 1.54) is 5.56 Å². The van der Waals surface area contributed by atoms with E-state index in [-0.39, 0.29) is 17.9 Å². The molecule has 0 bridgehead atoms. The molecule has 0 spiro atoms. The summed E-state index contributed by atoms with van der Waals surface area (Å²) in [7, 11) is 0. The first-order valence-corrected chi connectivity index (χ1v) is 8.35. The molecule has 5 heteroatoms. The van der Waals surface area contributed by atoms with Crippen molar-refractivity contribution in [2.24, 2.45) is 5.92 Å². The Bertz CT molecular complexity index is 648. The molecule has 2 atom stereocenters. The summed E-state index contributed by atoms with van der Waals surface area (Å²) >= 11 is 0. The average Bonchev–Trinajstić information content (AvgIpc) is 2.95. The molecular formula is C19H23N3O2. The van der Waals surface area contributed by atoms with Crippen LogP contribution in [0, 0.1) is 5.92 Å². The van der Waals surface area contributed by atoms with E-state index in [1.54, 1.807) is 18.5 Å². The van der Waals surface area contributed by atoms with Gasteiger partial charge in [-0.05, 0) is 24.1 Å². The molecule has 1 amide bonds. The zero-order valence-corrected chi connectivity index (χ0v) is 13.6. The number of pyridine rings is 1. The van der Waals surface area contributed by atoms with Gasteiger partial charge in [-0.1, -0.05) is 30.3 Å². The largest absolute Gasteiger partial charge is 0.391 e. The molecule has 0 aliphatic carbocycles. The van der Waals surface area contributed by atoms with Gasteiger partial charge in [0.2, 0.25) is 5.91 Å². The zero-order chi connectivity index (χ0) is 16.8. The summed E-state index contributed by atoms with van der Waals surface area (Å²) < 4.78 is 0. The maximum absolute atomic E-state index is 12.0. The fraction of sp³-hybridized carbons (Fsp3) is 0.368. The molecule has 2 N–H and O–H groups in total. The lowest BCUT2D eigenvalue weighted by atomic mass is 9.97. The number of anilines is 1. The number of aromatic nitrogens is 1. The highest BCUT2D eigenvalue weighted by atomic mass is 16.3. The van der Waals surface area contributed by atoms with E-state index in [0.29, 0.717) is 25.2 Å². The molecule has 1 aromatic heterocycles. The van der Waals surface area contributed by atoms with E-state index in [9.17, 15) is 9.90 Å². The van der Waals surface area contributed by atoms with E-state index in [2.05, 4.69) is 27.3 Å². The van der Waals surface area contributed by atoms with Crippen LogP contribution in [0.2, 0.25) is 0 Å². The molecular weight excluding hydrogens is 302 g/mol. The molecule has 24 heavy (non-hydrogen) atoms. The molecule has 1 saturated heterocycles. The van der Waals surface area contributed by atoms with E-state index in [1.807, 2.05) is 24.3 Å². The Kier molecular flexibility index (Phi) is 5.56. The van der Waals surface area contributed by atoms with Crippen molar-refractivity contribution in [2.45, 2.75) is 18.9 Å². The van der Waals surface area contributed by atoms with Crippen molar-refractivity contribution in [3.8, 4) is 0 Å². The van der Waals surface area contributed by atoms with Crippen LogP contribution in [0.15, 0.2) is 54.9 Å². The molecule has 5 nitrogen and oxygen atoms in total. The molecule has 126 valence electrons. The fourth-order valence-corrected chi connectivity index (χ4v) is 3.16. The molecule has 0 radical (unpaired) electrons. The maximum atomic E-state index is 12.0. The van der Waals surface area contributed by atoms with Gasteiger partial charge in [0.25, 0.3) is 0 Å². The monoisotopic (exact) mass is 325 g/mol. The second-order valence-electron chi connectivity index (χ2n) is 6.32. The van der Waals surface area contributed by atoms with Gasteiger partial charge >= 0.3 is 0 Å². The lowest BCUT2D eigenvalue weighted by Gasteiger charge is -2.15. The minimum absolute atomic E-state index is 0.0241.